The van der Waals surface area contributed by atoms with Gasteiger partial charge >= 0.3 is 6.18 Å². The summed E-state index contributed by atoms with van der Waals surface area (Å²) in [6, 6.07) is 7.16. The number of anilines is 2. The first-order chi connectivity index (χ1) is 11.0. The van der Waals surface area contributed by atoms with E-state index < -0.39 is 32.2 Å². The van der Waals surface area contributed by atoms with Crippen molar-refractivity contribution in [2.75, 3.05) is 11.6 Å². The second-order valence-electron chi connectivity index (χ2n) is 4.91. The standard InChI is InChI=1S/C14H11F3N2O4S/c1-24(22,23)11-6-7-12(13(8-11)19(20)21)18-10-4-2-9(3-5-10)14(15,16)17/h2-8,18H,1H3. The zero-order valence-electron chi connectivity index (χ0n) is 12.2. The smallest absolute Gasteiger partial charge is 0.350 e. The monoisotopic (exact) mass is 360 g/mol. The fraction of sp³-hybridized carbons (Fsp3) is 0.143. The summed E-state index contributed by atoms with van der Waals surface area (Å²) in [4.78, 5) is 10.1. The first-order valence-corrected chi connectivity index (χ1v) is 8.30. The number of rotatable bonds is 4. The van der Waals surface area contributed by atoms with Gasteiger partial charge in [-0.1, -0.05) is 0 Å². The number of nitro groups is 1. The van der Waals surface area contributed by atoms with Crippen molar-refractivity contribution in [1.82, 2.24) is 0 Å². The van der Waals surface area contributed by atoms with Gasteiger partial charge in [-0.3, -0.25) is 10.1 Å². The molecule has 0 aromatic heterocycles. The quantitative estimate of drug-likeness (QED) is 0.662. The lowest BCUT2D eigenvalue weighted by atomic mass is 10.2. The van der Waals surface area contributed by atoms with Gasteiger partial charge in [-0.2, -0.15) is 13.2 Å². The molecule has 0 atom stereocenters. The van der Waals surface area contributed by atoms with Crippen LogP contribution in [0.25, 0.3) is 0 Å². The summed E-state index contributed by atoms with van der Waals surface area (Å²) >= 11 is 0. The third-order valence-electron chi connectivity index (χ3n) is 3.09. The zero-order valence-corrected chi connectivity index (χ0v) is 13.0. The molecule has 24 heavy (non-hydrogen) atoms. The van der Waals surface area contributed by atoms with E-state index in [4.69, 9.17) is 0 Å². The molecular formula is C14H11F3N2O4S. The molecule has 0 aliphatic carbocycles. The molecule has 0 fully saturated rings. The molecule has 0 aliphatic rings. The molecule has 0 bridgehead atoms. The molecule has 1 N–H and O–H groups in total. The molecule has 10 heteroatoms. The van der Waals surface area contributed by atoms with Crippen LogP contribution in [0.1, 0.15) is 5.56 Å². The van der Waals surface area contributed by atoms with Gasteiger partial charge in [-0.25, -0.2) is 8.42 Å². The van der Waals surface area contributed by atoms with Crippen LogP contribution in [0, 0.1) is 10.1 Å². The molecule has 0 amide bonds. The molecule has 0 unspecified atom stereocenters. The molecule has 0 spiro atoms. The summed E-state index contributed by atoms with van der Waals surface area (Å²) < 4.78 is 60.4. The summed E-state index contributed by atoms with van der Waals surface area (Å²) in [5.41, 5.74) is -1.20. The van der Waals surface area contributed by atoms with Gasteiger partial charge in [0.05, 0.1) is 15.4 Å². The Morgan fingerprint density at radius 2 is 1.67 bits per heavy atom. The third kappa shape index (κ3) is 4.02. The van der Waals surface area contributed by atoms with Crippen molar-refractivity contribution in [3.05, 3.63) is 58.1 Å². The van der Waals surface area contributed by atoms with Crippen LogP contribution in [-0.4, -0.2) is 19.6 Å². The van der Waals surface area contributed by atoms with Gasteiger partial charge in [0.25, 0.3) is 5.69 Å². The summed E-state index contributed by atoms with van der Waals surface area (Å²) in [5, 5.41) is 13.7. The van der Waals surface area contributed by atoms with E-state index in [1.165, 1.54) is 12.1 Å². The Bertz CT molecular complexity index is 878. The van der Waals surface area contributed by atoms with Crippen molar-refractivity contribution in [2.45, 2.75) is 11.1 Å². The van der Waals surface area contributed by atoms with Crippen LogP contribution in [0.5, 0.6) is 0 Å². The van der Waals surface area contributed by atoms with Gasteiger partial charge in [-0.15, -0.1) is 0 Å². The van der Waals surface area contributed by atoms with Crippen LogP contribution in [0.3, 0.4) is 0 Å². The summed E-state index contributed by atoms with van der Waals surface area (Å²) in [7, 11) is -3.63. The Morgan fingerprint density at radius 1 is 1.08 bits per heavy atom. The Balaban J connectivity index is 2.37. The van der Waals surface area contributed by atoms with Crippen LogP contribution in [-0.2, 0) is 16.0 Å². The second-order valence-corrected chi connectivity index (χ2v) is 6.92. The molecule has 0 saturated heterocycles. The topological polar surface area (TPSA) is 89.3 Å². The highest BCUT2D eigenvalue weighted by atomic mass is 32.2. The lowest BCUT2D eigenvalue weighted by Crippen LogP contribution is -2.05. The number of nitro benzene ring substituents is 1. The first-order valence-electron chi connectivity index (χ1n) is 6.41. The summed E-state index contributed by atoms with van der Waals surface area (Å²) in [6.07, 6.45) is -3.57. The highest BCUT2D eigenvalue weighted by molar-refractivity contribution is 7.90. The van der Waals surface area contributed by atoms with Crippen LogP contribution in [0.2, 0.25) is 0 Å². The summed E-state index contributed by atoms with van der Waals surface area (Å²) in [6.45, 7) is 0. The molecule has 6 nitrogen and oxygen atoms in total. The van der Waals surface area contributed by atoms with Crippen molar-refractivity contribution in [1.29, 1.82) is 0 Å². The van der Waals surface area contributed by atoms with Gasteiger partial charge in [0.15, 0.2) is 9.84 Å². The maximum Gasteiger partial charge on any atom is 0.416 e. The largest absolute Gasteiger partial charge is 0.416 e. The number of benzene rings is 2. The van der Waals surface area contributed by atoms with Gasteiger partial charge in [0, 0.05) is 18.0 Å². The van der Waals surface area contributed by atoms with Crippen molar-refractivity contribution >= 4 is 26.9 Å². The van der Waals surface area contributed by atoms with Crippen molar-refractivity contribution in [3.8, 4) is 0 Å². The van der Waals surface area contributed by atoms with Crippen LogP contribution < -0.4 is 5.32 Å². The zero-order chi connectivity index (χ0) is 18.1. The SMILES string of the molecule is CS(=O)(=O)c1ccc(Nc2ccc(C(F)(F)F)cc2)c([N+](=O)[O-])c1. The van der Waals surface area contributed by atoms with Gasteiger partial charge in [0.2, 0.25) is 0 Å². The van der Waals surface area contributed by atoms with Gasteiger partial charge in [0.1, 0.15) is 5.69 Å². The van der Waals surface area contributed by atoms with E-state index in [2.05, 4.69) is 5.32 Å². The third-order valence-corrected chi connectivity index (χ3v) is 4.20. The Hall–Kier alpha value is -2.62. The maximum absolute atomic E-state index is 12.5. The number of nitrogens with zero attached hydrogens (tertiary/aromatic N) is 1. The summed E-state index contributed by atoms with van der Waals surface area (Å²) in [5.74, 6) is 0. The predicted octanol–water partition coefficient (Wildman–Crippen LogP) is 3.76. The van der Waals surface area contributed by atoms with Crippen molar-refractivity contribution < 1.29 is 26.5 Å². The minimum Gasteiger partial charge on any atom is -0.350 e. The van der Waals surface area contributed by atoms with Gasteiger partial charge < -0.3 is 5.32 Å². The molecule has 0 aliphatic heterocycles. The lowest BCUT2D eigenvalue weighted by molar-refractivity contribution is -0.384. The number of hydrogen-bond acceptors (Lipinski definition) is 5. The Labute approximate surface area is 135 Å². The number of halogens is 3. The van der Waals surface area contributed by atoms with Crippen molar-refractivity contribution in [3.63, 3.8) is 0 Å². The molecule has 128 valence electrons. The van der Waals surface area contributed by atoms with E-state index in [0.29, 0.717) is 0 Å². The van der Waals surface area contributed by atoms with E-state index in [0.717, 1.165) is 36.6 Å². The second kappa shape index (κ2) is 6.11. The number of hydrogen-bond donors (Lipinski definition) is 1. The Morgan fingerprint density at radius 3 is 2.12 bits per heavy atom. The average Bonchev–Trinajstić information content (AvgIpc) is 2.46. The minimum absolute atomic E-state index is 0.0350. The highest BCUT2D eigenvalue weighted by Crippen LogP contribution is 2.33. The fourth-order valence-corrected chi connectivity index (χ4v) is 2.54. The molecule has 2 aromatic rings. The molecular weight excluding hydrogens is 349 g/mol. The Kier molecular flexibility index (Phi) is 4.52. The number of alkyl halides is 3. The maximum atomic E-state index is 12.5. The van der Waals surface area contributed by atoms with Crippen molar-refractivity contribution in [2.24, 2.45) is 0 Å². The molecule has 2 rings (SSSR count). The van der Waals surface area contributed by atoms with E-state index in [1.54, 1.807) is 0 Å². The van der Waals surface area contributed by atoms with Crippen LogP contribution >= 0.6 is 0 Å². The van der Waals surface area contributed by atoms with Crippen LogP contribution in [0.4, 0.5) is 30.2 Å². The average molecular weight is 360 g/mol. The molecule has 0 saturated carbocycles. The fourth-order valence-electron chi connectivity index (χ4n) is 1.90. The first kappa shape index (κ1) is 17.7. The van der Waals surface area contributed by atoms with Crippen LogP contribution in [0.15, 0.2) is 47.4 Å². The lowest BCUT2D eigenvalue weighted by Gasteiger charge is -2.10. The minimum atomic E-state index is -4.48. The van der Waals surface area contributed by atoms with E-state index in [1.807, 2.05) is 0 Å². The van der Waals surface area contributed by atoms with E-state index in [9.17, 15) is 31.7 Å². The van der Waals surface area contributed by atoms with E-state index in [-0.39, 0.29) is 16.3 Å². The molecule has 0 radical (unpaired) electrons. The number of nitrogens with one attached hydrogen (secondary N) is 1. The predicted molar refractivity (Wildman–Crippen MR) is 80.9 cm³/mol. The molecule has 0 heterocycles. The highest BCUT2D eigenvalue weighted by Gasteiger charge is 2.30. The van der Waals surface area contributed by atoms with Gasteiger partial charge in [-0.05, 0) is 36.4 Å². The van der Waals surface area contributed by atoms with E-state index >= 15 is 0 Å². The normalized spacial score (nSPS) is 12.0. The number of sulfone groups is 1. The molecule has 2 aromatic carbocycles.